The summed E-state index contributed by atoms with van der Waals surface area (Å²) in [4.78, 5) is 23.6. The molecule has 0 amide bonds. The zero-order chi connectivity index (χ0) is 24.1. The number of aryl methyl sites for hydroxylation is 4. The van der Waals surface area contributed by atoms with Crippen molar-refractivity contribution in [2.45, 2.75) is 52.4 Å². The maximum absolute atomic E-state index is 14.5. The molecule has 34 heavy (non-hydrogen) atoms. The van der Waals surface area contributed by atoms with Crippen molar-refractivity contribution in [2.75, 3.05) is 0 Å². The Morgan fingerprint density at radius 1 is 0.588 bits per heavy atom. The van der Waals surface area contributed by atoms with Crippen LogP contribution in [0.15, 0.2) is 84.9 Å². The average molecular weight is 449 g/mol. The normalized spacial score (nSPS) is 12.8. The van der Waals surface area contributed by atoms with Crippen molar-refractivity contribution >= 4 is 5.78 Å². The number of carbonyl (C=O) groups is 1. The summed E-state index contributed by atoms with van der Waals surface area (Å²) in [7, 11) is 0. The van der Waals surface area contributed by atoms with Crippen LogP contribution in [0.5, 0.6) is 0 Å². The van der Waals surface area contributed by atoms with E-state index < -0.39 is 0 Å². The molecule has 0 aliphatic heterocycles. The van der Waals surface area contributed by atoms with Gasteiger partial charge in [-0.3, -0.25) is 14.8 Å². The van der Waals surface area contributed by atoms with Crippen LogP contribution in [0.4, 0.5) is 0 Å². The molecule has 3 nitrogen and oxygen atoms in total. The molecular weight excluding hydrogens is 416 g/mol. The number of carbonyl (C=O) groups excluding carboxylic acids is 1. The third kappa shape index (κ3) is 5.85. The van der Waals surface area contributed by atoms with Crippen LogP contribution in [0.2, 0.25) is 0 Å². The van der Waals surface area contributed by atoms with E-state index in [2.05, 4.69) is 58.5 Å². The Morgan fingerprint density at radius 2 is 0.912 bits per heavy atom. The lowest BCUT2D eigenvalue weighted by atomic mass is 9.78. The van der Waals surface area contributed by atoms with Crippen LogP contribution in [0.3, 0.4) is 0 Å². The minimum Gasteiger partial charge on any atom is -0.298 e. The Hall–Kier alpha value is -3.59. The minimum absolute atomic E-state index is 0.239. The third-order valence-electron chi connectivity index (χ3n) is 6.26. The number of hydrogen-bond acceptors (Lipinski definition) is 3. The Kier molecular flexibility index (Phi) is 7.32. The van der Waals surface area contributed by atoms with E-state index in [1.807, 2.05) is 64.1 Å². The molecule has 2 aromatic heterocycles. The highest BCUT2D eigenvalue weighted by atomic mass is 16.1. The first-order valence-corrected chi connectivity index (χ1v) is 11.9. The molecule has 2 atom stereocenters. The van der Waals surface area contributed by atoms with Crippen LogP contribution in [0.1, 0.15) is 56.9 Å². The SMILES string of the molecule is Cc1cc(C(Cc2ccccc2)C(=O)C(Cc2ccccc2)c2cc(C)nc(C)c2)cc(C)n1. The van der Waals surface area contributed by atoms with Gasteiger partial charge in [-0.25, -0.2) is 0 Å². The van der Waals surface area contributed by atoms with E-state index in [-0.39, 0.29) is 17.6 Å². The first-order chi connectivity index (χ1) is 16.4. The van der Waals surface area contributed by atoms with E-state index in [4.69, 9.17) is 0 Å². The molecule has 0 aliphatic rings. The van der Waals surface area contributed by atoms with Gasteiger partial charge >= 0.3 is 0 Å². The molecular formula is C31H32N2O. The Morgan fingerprint density at radius 3 is 1.24 bits per heavy atom. The van der Waals surface area contributed by atoms with Gasteiger partial charge in [-0.1, -0.05) is 60.7 Å². The zero-order valence-electron chi connectivity index (χ0n) is 20.5. The van der Waals surface area contributed by atoms with Gasteiger partial charge in [-0.15, -0.1) is 0 Å². The number of pyridine rings is 2. The first kappa shape index (κ1) is 23.6. The second-order valence-corrected chi connectivity index (χ2v) is 9.25. The summed E-state index contributed by atoms with van der Waals surface area (Å²) in [6, 6.07) is 28.9. The van der Waals surface area contributed by atoms with Gasteiger partial charge in [0.25, 0.3) is 0 Å². The molecule has 0 radical (unpaired) electrons. The van der Waals surface area contributed by atoms with E-state index in [0.29, 0.717) is 12.8 Å². The number of benzene rings is 2. The van der Waals surface area contributed by atoms with Crippen molar-refractivity contribution in [1.82, 2.24) is 9.97 Å². The molecule has 2 heterocycles. The van der Waals surface area contributed by atoms with E-state index in [0.717, 1.165) is 45.0 Å². The lowest BCUT2D eigenvalue weighted by Gasteiger charge is -2.25. The standard InChI is InChI=1S/C31H32N2O/c1-21-15-27(16-22(2)32-21)29(19-25-11-7-5-8-12-25)31(34)30(20-26-13-9-6-10-14-26)28-17-23(3)33-24(4)18-28/h5-18,29-30H,19-20H2,1-4H3. The molecule has 0 saturated heterocycles. The van der Waals surface area contributed by atoms with Gasteiger partial charge in [0.2, 0.25) is 0 Å². The number of ketones is 1. The molecule has 0 fully saturated rings. The lowest BCUT2D eigenvalue weighted by molar-refractivity contribution is -0.122. The van der Waals surface area contributed by atoms with Crippen LogP contribution in [-0.4, -0.2) is 15.8 Å². The van der Waals surface area contributed by atoms with E-state index in [1.54, 1.807) is 0 Å². The maximum Gasteiger partial charge on any atom is 0.148 e. The molecule has 0 bridgehead atoms. The average Bonchev–Trinajstić information content (AvgIpc) is 2.80. The molecule has 0 N–H and O–H groups in total. The fourth-order valence-electron chi connectivity index (χ4n) is 4.84. The predicted octanol–water partition coefficient (Wildman–Crippen LogP) is 6.63. The van der Waals surface area contributed by atoms with E-state index in [9.17, 15) is 4.79 Å². The molecule has 0 spiro atoms. The van der Waals surface area contributed by atoms with Crippen molar-refractivity contribution in [2.24, 2.45) is 0 Å². The zero-order valence-corrected chi connectivity index (χ0v) is 20.5. The summed E-state index contributed by atoms with van der Waals surface area (Å²) in [5, 5.41) is 0. The van der Waals surface area contributed by atoms with Crippen molar-refractivity contribution in [3.05, 3.63) is 130 Å². The quantitative estimate of drug-likeness (QED) is 0.304. The molecule has 0 saturated carbocycles. The summed E-state index contributed by atoms with van der Waals surface area (Å²) in [6.07, 6.45) is 1.33. The van der Waals surface area contributed by atoms with Crippen LogP contribution in [0.25, 0.3) is 0 Å². The van der Waals surface area contributed by atoms with E-state index in [1.165, 1.54) is 0 Å². The van der Waals surface area contributed by atoms with Crippen molar-refractivity contribution in [3.8, 4) is 0 Å². The predicted molar refractivity (Wildman–Crippen MR) is 138 cm³/mol. The van der Waals surface area contributed by atoms with Crippen LogP contribution < -0.4 is 0 Å². The van der Waals surface area contributed by atoms with Gasteiger partial charge in [-0.2, -0.15) is 0 Å². The van der Waals surface area contributed by atoms with Crippen LogP contribution >= 0.6 is 0 Å². The Balaban J connectivity index is 1.81. The fourth-order valence-corrected chi connectivity index (χ4v) is 4.84. The third-order valence-corrected chi connectivity index (χ3v) is 6.26. The molecule has 4 rings (SSSR count). The summed E-state index contributed by atoms with van der Waals surface area (Å²) in [6.45, 7) is 7.99. The monoisotopic (exact) mass is 448 g/mol. The molecule has 2 unspecified atom stereocenters. The summed E-state index contributed by atoms with van der Waals surface area (Å²) < 4.78 is 0. The summed E-state index contributed by atoms with van der Waals surface area (Å²) in [5.74, 6) is -0.279. The van der Waals surface area contributed by atoms with Gasteiger partial charge in [0, 0.05) is 34.6 Å². The van der Waals surface area contributed by atoms with Crippen LogP contribution in [-0.2, 0) is 17.6 Å². The van der Waals surface area contributed by atoms with Crippen molar-refractivity contribution < 1.29 is 4.79 Å². The highest BCUT2D eigenvalue weighted by Gasteiger charge is 2.30. The highest BCUT2D eigenvalue weighted by Crippen LogP contribution is 2.33. The summed E-state index contributed by atoms with van der Waals surface area (Å²) in [5.41, 5.74) is 8.17. The van der Waals surface area contributed by atoms with E-state index >= 15 is 0 Å². The molecule has 3 heteroatoms. The number of hydrogen-bond donors (Lipinski definition) is 0. The molecule has 4 aromatic rings. The number of rotatable bonds is 8. The topological polar surface area (TPSA) is 42.9 Å². The Bertz CT molecular complexity index is 1130. The summed E-state index contributed by atoms with van der Waals surface area (Å²) >= 11 is 0. The van der Waals surface area contributed by atoms with Gasteiger partial charge in [0.05, 0.1) is 0 Å². The first-order valence-electron chi connectivity index (χ1n) is 11.9. The van der Waals surface area contributed by atoms with Crippen molar-refractivity contribution in [1.29, 1.82) is 0 Å². The van der Waals surface area contributed by atoms with Gasteiger partial charge in [0.15, 0.2) is 0 Å². The van der Waals surface area contributed by atoms with Crippen molar-refractivity contribution in [3.63, 3.8) is 0 Å². The smallest absolute Gasteiger partial charge is 0.148 e. The lowest BCUT2D eigenvalue weighted by Crippen LogP contribution is -2.25. The second kappa shape index (κ2) is 10.6. The fraction of sp³-hybridized carbons (Fsp3) is 0.258. The number of aromatic nitrogens is 2. The number of nitrogens with zero attached hydrogens (tertiary/aromatic N) is 2. The number of Topliss-reactive ketones (excluding diaryl/α,β-unsaturated/α-hetero) is 1. The van der Waals surface area contributed by atoms with Gasteiger partial charge < -0.3 is 0 Å². The molecule has 2 aromatic carbocycles. The largest absolute Gasteiger partial charge is 0.298 e. The maximum atomic E-state index is 14.5. The molecule has 0 aliphatic carbocycles. The van der Waals surface area contributed by atoms with Gasteiger partial charge in [-0.05, 0) is 87.1 Å². The van der Waals surface area contributed by atoms with Crippen LogP contribution in [0, 0.1) is 27.7 Å². The highest BCUT2D eigenvalue weighted by molar-refractivity contribution is 5.92. The van der Waals surface area contributed by atoms with Gasteiger partial charge in [0.1, 0.15) is 5.78 Å². The Labute approximate surface area is 202 Å². The molecule has 172 valence electrons. The second-order valence-electron chi connectivity index (χ2n) is 9.25. The minimum atomic E-state index is -0.259.